The molecule has 1 aromatic heterocycles. The van der Waals surface area contributed by atoms with Crippen LogP contribution in [0, 0.1) is 0 Å². The Morgan fingerprint density at radius 1 is 1.24 bits per heavy atom. The van der Waals surface area contributed by atoms with Gasteiger partial charge in [0.25, 0.3) is 0 Å². The molecule has 0 atom stereocenters. The van der Waals surface area contributed by atoms with Gasteiger partial charge in [-0.15, -0.1) is 11.3 Å². The summed E-state index contributed by atoms with van der Waals surface area (Å²) in [6, 6.07) is 5.20. The minimum Gasteiger partial charge on any atom is -0.381 e. The number of methoxy groups -OCH3 is 1. The van der Waals surface area contributed by atoms with E-state index in [9.17, 15) is 0 Å². The Bertz CT molecular complexity index is 329. The van der Waals surface area contributed by atoms with Crippen LogP contribution in [0.3, 0.4) is 0 Å². The summed E-state index contributed by atoms with van der Waals surface area (Å²) in [5.41, 5.74) is 0. The number of thiophene rings is 1. The van der Waals surface area contributed by atoms with Crippen molar-refractivity contribution in [1.82, 2.24) is 5.32 Å². The van der Waals surface area contributed by atoms with Crippen LogP contribution in [0.4, 0.5) is 0 Å². The maximum Gasteiger partial charge on any atom is 0.0572 e. The van der Waals surface area contributed by atoms with Gasteiger partial charge in [-0.05, 0) is 44.2 Å². The zero-order valence-electron chi connectivity index (χ0n) is 10.9. The molecule has 1 heterocycles. The zero-order valence-corrected chi connectivity index (χ0v) is 11.7. The van der Waals surface area contributed by atoms with E-state index in [1.54, 1.807) is 0 Å². The Balaban J connectivity index is 1.72. The molecule has 1 aliphatic carbocycles. The van der Waals surface area contributed by atoms with E-state index in [2.05, 4.69) is 24.4 Å². The summed E-state index contributed by atoms with van der Waals surface area (Å²) < 4.78 is 5.39. The quantitative estimate of drug-likeness (QED) is 0.869. The second-order valence-electron chi connectivity index (χ2n) is 4.81. The van der Waals surface area contributed by atoms with Crippen molar-refractivity contribution < 1.29 is 4.74 Å². The van der Waals surface area contributed by atoms with Gasteiger partial charge in [-0.1, -0.05) is 6.92 Å². The molecule has 0 bridgehead atoms. The normalized spacial score (nSPS) is 25.1. The van der Waals surface area contributed by atoms with Crippen LogP contribution in [-0.2, 0) is 17.7 Å². The highest BCUT2D eigenvalue weighted by molar-refractivity contribution is 7.11. The summed E-state index contributed by atoms with van der Waals surface area (Å²) in [7, 11) is 1.83. The van der Waals surface area contributed by atoms with Crippen molar-refractivity contribution in [1.29, 1.82) is 0 Å². The molecule has 2 nitrogen and oxygen atoms in total. The van der Waals surface area contributed by atoms with Crippen LogP contribution in [0.1, 0.15) is 42.4 Å². The summed E-state index contributed by atoms with van der Waals surface area (Å²) in [4.78, 5) is 2.96. The minimum absolute atomic E-state index is 0.501. The van der Waals surface area contributed by atoms with Crippen molar-refractivity contribution >= 4 is 11.3 Å². The van der Waals surface area contributed by atoms with Crippen molar-refractivity contribution in [3.05, 3.63) is 21.9 Å². The standard InChI is InChI=1S/C14H23NOS/c1-3-13-8-9-14(17-13)10-15-11-4-6-12(16-2)7-5-11/h8-9,11-12,15H,3-7,10H2,1-2H3. The first-order chi connectivity index (χ1) is 8.31. The molecule has 0 spiro atoms. The summed E-state index contributed by atoms with van der Waals surface area (Å²) in [6.45, 7) is 3.25. The lowest BCUT2D eigenvalue weighted by atomic mass is 9.93. The van der Waals surface area contributed by atoms with Gasteiger partial charge in [-0.2, -0.15) is 0 Å². The Labute approximate surface area is 108 Å². The lowest BCUT2D eigenvalue weighted by molar-refractivity contribution is 0.0624. The maximum absolute atomic E-state index is 5.39. The molecule has 0 aromatic carbocycles. The number of nitrogens with one attached hydrogen (secondary N) is 1. The summed E-state index contributed by atoms with van der Waals surface area (Å²) in [5, 5.41) is 3.67. The molecule has 1 N–H and O–H groups in total. The first kappa shape index (κ1) is 13.1. The van der Waals surface area contributed by atoms with Crippen LogP contribution >= 0.6 is 11.3 Å². The molecular formula is C14H23NOS. The molecule has 1 saturated carbocycles. The van der Waals surface area contributed by atoms with E-state index in [4.69, 9.17) is 4.74 Å². The molecule has 0 aliphatic heterocycles. The second-order valence-corrected chi connectivity index (χ2v) is 6.06. The third-order valence-corrected chi connectivity index (χ3v) is 4.87. The van der Waals surface area contributed by atoms with Crippen LogP contribution < -0.4 is 5.32 Å². The summed E-state index contributed by atoms with van der Waals surface area (Å²) in [5.74, 6) is 0. The highest BCUT2D eigenvalue weighted by Gasteiger charge is 2.20. The number of hydrogen-bond acceptors (Lipinski definition) is 3. The fourth-order valence-corrected chi connectivity index (χ4v) is 3.36. The molecule has 1 fully saturated rings. The third kappa shape index (κ3) is 3.80. The Kier molecular flexibility index (Phi) is 5.01. The van der Waals surface area contributed by atoms with Crippen LogP contribution in [0.15, 0.2) is 12.1 Å². The van der Waals surface area contributed by atoms with Crippen molar-refractivity contribution in [3.63, 3.8) is 0 Å². The molecule has 17 heavy (non-hydrogen) atoms. The molecule has 0 unspecified atom stereocenters. The van der Waals surface area contributed by atoms with Gasteiger partial charge >= 0.3 is 0 Å². The van der Waals surface area contributed by atoms with Crippen molar-refractivity contribution in [2.75, 3.05) is 7.11 Å². The number of aryl methyl sites for hydroxylation is 1. The lowest BCUT2D eigenvalue weighted by Crippen LogP contribution is -2.34. The minimum atomic E-state index is 0.501. The van der Waals surface area contributed by atoms with Crippen molar-refractivity contribution in [3.8, 4) is 0 Å². The molecule has 0 radical (unpaired) electrons. The molecule has 1 aromatic rings. The smallest absolute Gasteiger partial charge is 0.0572 e. The topological polar surface area (TPSA) is 21.3 Å². The van der Waals surface area contributed by atoms with E-state index in [1.807, 2.05) is 18.4 Å². The first-order valence-corrected chi connectivity index (χ1v) is 7.47. The largest absolute Gasteiger partial charge is 0.381 e. The van der Waals surface area contributed by atoms with Gasteiger partial charge in [0.15, 0.2) is 0 Å². The molecule has 2 rings (SSSR count). The predicted octanol–water partition coefficient (Wildman–Crippen LogP) is 3.36. The molecular weight excluding hydrogens is 230 g/mol. The van der Waals surface area contributed by atoms with E-state index in [0.29, 0.717) is 12.1 Å². The Hall–Kier alpha value is -0.380. The van der Waals surface area contributed by atoms with Gasteiger partial charge in [0.05, 0.1) is 6.10 Å². The highest BCUT2D eigenvalue weighted by atomic mass is 32.1. The molecule has 1 aliphatic rings. The van der Waals surface area contributed by atoms with Gasteiger partial charge in [0.1, 0.15) is 0 Å². The van der Waals surface area contributed by atoms with Gasteiger partial charge in [-0.25, -0.2) is 0 Å². The SMILES string of the molecule is CCc1ccc(CNC2CCC(OC)CC2)s1. The van der Waals surface area contributed by atoms with E-state index in [1.165, 1.54) is 35.4 Å². The van der Waals surface area contributed by atoms with Crippen LogP contribution in [0.5, 0.6) is 0 Å². The van der Waals surface area contributed by atoms with Crippen LogP contribution in [-0.4, -0.2) is 19.3 Å². The average molecular weight is 253 g/mol. The summed E-state index contributed by atoms with van der Waals surface area (Å²) in [6.07, 6.45) is 6.58. The second kappa shape index (κ2) is 6.53. The third-order valence-electron chi connectivity index (χ3n) is 3.64. The van der Waals surface area contributed by atoms with Crippen LogP contribution in [0.25, 0.3) is 0 Å². The van der Waals surface area contributed by atoms with E-state index in [0.717, 1.165) is 13.0 Å². The maximum atomic E-state index is 5.39. The van der Waals surface area contributed by atoms with Crippen molar-refractivity contribution in [2.45, 2.75) is 57.7 Å². The molecule has 0 amide bonds. The zero-order chi connectivity index (χ0) is 12.1. The van der Waals surface area contributed by atoms with Gasteiger partial charge in [-0.3, -0.25) is 0 Å². The molecule has 3 heteroatoms. The monoisotopic (exact) mass is 253 g/mol. The summed E-state index contributed by atoms with van der Waals surface area (Å²) >= 11 is 1.94. The predicted molar refractivity (Wildman–Crippen MR) is 73.6 cm³/mol. The van der Waals surface area contributed by atoms with Gasteiger partial charge in [0.2, 0.25) is 0 Å². The number of ether oxygens (including phenoxy) is 1. The van der Waals surface area contributed by atoms with E-state index >= 15 is 0 Å². The molecule has 0 saturated heterocycles. The van der Waals surface area contributed by atoms with Gasteiger partial charge in [0, 0.05) is 29.5 Å². The lowest BCUT2D eigenvalue weighted by Gasteiger charge is -2.28. The number of hydrogen-bond donors (Lipinski definition) is 1. The fourth-order valence-electron chi connectivity index (χ4n) is 2.45. The Morgan fingerprint density at radius 3 is 2.53 bits per heavy atom. The highest BCUT2D eigenvalue weighted by Crippen LogP contribution is 2.22. The fraction of sp³-hybridized carbons (Fsp3) is 0.714. The number of rotatable bonds is 5. The van der Waals surface area contributed by atoms with Gasteiger partial charge < -0.3 is 10.1 Å². The van der Waals surface area contributed by atoms with E-state index in [-0.39, 0.29) is 0 Å². The molecule has 96 valence electrons. The Morgan fingerprint density at radius 2 is 1.94 bits per heavy atom. The van der Waals surface area contributed by atoms with E-state index < -0.39 is 0 Å². The van der Waals surface area contributed by atoms with Crippen molar-refractivity contribution in [2.24, 2.45) is 0 Å². The first-order valence-electron chi connectivity index (χ1n) is 6.65. The van der Waals surface area contributed by atoms with Crippen LogP contribution in [0.2, 0.25) is 0 Å². The average Bonchev–Trinajstić information content (AvgIpc) is 2.85.